The third-order valence-corrected chi connectivity index (χ3v) is 2.23. The molecule has 0 radical (unpaired) electrons. The molecule has 1 aromatic rings. The first-order chi connectivity index (χ1) is 7.52. The second kappa shape index (κ2) is 5.89. The zero-order valence-corrected chi connectivity index (χ0v) is 10.1. The van der Waals surface area contributed by atoms with E-state index in [1.165, 1.54) is 0 Å². The van der Waals surface area contributed by atoms with Crippen molar-refractivity contribution in [3.05, 3.63) is 17.3 Å². The van der Waals surface area contributed by atoms with Crippen LogP contribution in [0.25, 0.3) is 0 Å². The Hall–Kier alpha value is -1.04. The van der Waals surface area contributed by atoms with E-state index in [9.17, 15) is 5.11 Å². The number of nitrogens with two attached hydrogens (primary N) is 1. The molecule has 0 fully saturated rings. The number of aliphatic hydroxyl groups excluding tert-OH is 1. The summed E-state index contributed by atoms with van der Waals surface area (Å²) in [4.78, 5) is 5.88. The zero-order chi connectivity index (χ0) is 12.1. The molecule has 1 aromatic heterocycles. The van der Waals surface area contributed by atoms with Gasteiger partial charge < -0.3 is 20.5 Å². The fourth-order valence-electron chi connectivity index (χ4n) is 1.35. The number of aromatic nitrogens is 1. The fourth-order valence-corrected chi connectivity index (χ4v) is 1.57. The SMILES string of the molecule is COCC(O)CN(C)c1cc(N)cc(Cl)n1. The van der Waals surface area contributed by atoms with Crippen LogP contribution in [0, 0.1) is 0 Å². The Balaban J connectivity index is 2.68. The molecule has 0 aliphatic heterocycles. The average molecular weight is 246 g/mol. The highest BCUT2D eigenvalue weighted by molar-refractivity contribution is 6.29. The zero-order valence-electron chi connectivity index (χ0n) is 9.35. The Morgan fingerprint density at radius 1 is 1.62 bits per heavy atom. The maximum absolute atomic E-state index is 9.56. The number of pyridine rings is 1. The van der Waals surface area contributed by atoms with Gasteiger partial charge in [-0.05, 0) is 6.07 Å². The van der Waals surface area contributed by atoms with Crippen molar-refractivity contribution in [2.75, 3.05) is 37.9 Å². The summed E-state index contributed by atoms with van der Waals surface area (Å²) < 4.78 is 4.84. The number of rotatable bonds is 5. The lowest BCUT2D eigenvalue weighted by molar-refractivity contribution is 0.0694. The van der Waals surface area contributed by atoms with Crippen LogP contribution in [0.3, 0.4) is 0 Å². The maximum atomic E-state index is 9.56. The Kier molecular flexibility index (Phi) is 4.79. The highest BCUT2D eigenvalue weighted by atomic mass is 35.5. The Bertz CT molecular complexity index is 329. The van der Waals surface area contributed by atoms with Crippen LogP contribution in [0.2, 0.25) is 5.15 Å². The smallest absolute Gasteiger partial charge is 0.133 e. The van der Waals surface area contributed by atoms with Gasteiger partial charge in [0, 0.05) is 32.5 Å². The van der Waals surface area contributed by atoms with E-state index in [-0.39, 0.29) is 6.61 Å². The van der Waals surface area contributed by atoms with Crippen molar-refractivity contribution in [3.63, 3.8) is 0 Å². The van der Waals surface area contributed by atoms with E-state index in [1.54, 1.807) is 31.2 Å². The summed E-state index contributed by atoms with van der Waals surface area (Å²) in [6.07, 6.45) is -0.572. The van der Waals surface area contributed by atoms with Crippen molar-refractivity contribution >= 4 is 23.1 Å². The van der Waals surface area contributed by atoms with E-state index in [0.717, 1.165) is 0 Å². The van der Waals surface area contributed by atoms with Crippen LogP contribution in [0.1, 0.15) is 0 Å². The number of halogens is 1. The number of likely N-dealkylation sites (N-methyl/N-ethyl adjacent to an activating group) is 1. The minimum atomic E-state index is -0.572. The van der Waals surface area contributed by atoms with Gasteiger partial charge in [0.25, 0.3) is 0 Å². The van der Waals surface area contributed by atoms with Gasteiger partial charge in [0.05, 0.1) is 12.7 Å². The molecular formula is C10H16ClN3O2. The monoisotopic (exact) mass is 245 g/mol. The van der Waals surface area contributed by atoms with Gasteiger partial charge in [-0.15, -0.1) is 0 Å². The second-order valence-corrected chi connectivity index (χ2v) is 3.96. The van der Waals surface area contributed by atoms with Gasteiger partial charge in [-0.25, -0.2) is 4.98 Å². The summed E-state index contributed by atoms with van der Waals surface area (Å²) in [6, 6.07) is 3.27. The van der Waals surface area contributed by atoms with Gasteiger partial charge in [0.1, 0.15) is 11.0 Å². The molecule has 6 heteroatoms. The molecule has 0 bridgehead atoms. The van der Waals surface area contributed by atoms with Crippen molar-refractivity contribution in [2.24, 2.45) is 0 Å². The van der Waals surface area contributed by atoms with E-state index in [0.29, 0.717) is 23.2 Å². The van der Waals surface area contributed by atoms with Gasteiger partial charge in [-0.3, -0.25) is 0 Å². The molecule has 0 aliphatic carbocycles. The number of nitrogen functional groups attached to an aromatic ring is 1. The first-order valence-corrected chi connectivity index (χ1v) is 5.22. The lowest BCUT2D eigenvalue weighted by Gasteiger charge is -2.21. The van der Waals surface area contributed by atoms with E-state index in [4.69, 9.17) is 22.1 Å². The molecule has 0 saturated heterocycles. The third kappa shape index (κ3) is 3.84. The number of methoxy groups -OCH3 is 1. The lowest BCUT2D eigenvalue weighted by Crippen LogP contribution is -2.32. The molecule has 0 saturated carbocycles. The molecule has 1 atom stereocenters. The first-order valence-electron chi connectivity index (χ1n) is 4.84. The molecule has 3 N–H and O–H groups in total. The largest absolute Gasteiger partial charge is 0.399 e. The van der Waals surface area contributed by atoms with Crippen LogP contribution >= 0.6 is 11.6 Å². The molecule has 5 nitrogen and oxygen atoms in total. The number of ether oxygens (including phenoxy) is 1. The van der Waals surface area contributed by atoms with Crippen LogP contribution in [0.15, 0.2) is 12.1 Å². The van der Waals surface area contributed by atoms with Gasteiger partial charge in [-0.2, -0.15) is 0 Å². The van der Waals surface area contributed by atoms with Crippen LogP contribution in [-0.4, -0.2) is 43.5 Å². The van der Waals surface area contributed by atoms with E-state index < -0.39 is 6.10 Å². The van der Waals surface area contributed by atoms with Crippen LogP contribution in [0.4, 0.5) is 11.5 Å². The predicted octanol–water partition coefficient (Wildman–Crippen LogP) is 0.761. The highest BCUT2D eigenvalue weighted by Crippen LogP contribution is 2.18. The topological polar surface area (TPSA) is 71.6 Å². The summed E-state index contributed by atoms with van der Waals surface area (Å²) in [5.41, 5.74) is 6.19. The predicted molar refractivity (Wildman–Crippen MR) is 64.8 cm³/mol. The van der Waals surface area contributed by atoms with Crippen molar-refractivity contribution in [1.82, 2.24) is 4.98 Å². The fraction of sp³-hybridized carbons (Fsp3) is 0.500. The lowest BCUT2D eigenvalue weighted by atomic mass is 10.3. The van der Waals surface area contributed by atoms with E-state index in [1.807, 2.05) is 0 Å². The van der Waals surface area contributed by atoms with Gasteiger partial charge in [0.2, 0.25) is 0 Å². The van der Waals surface area contributed by atoms with Crippen molar-refractivity contribution < 1.29 is 9.84 Å². The number of aliphatic hydroxyl groups is 1. The average Bonchev–Trinajstić information content (AvgIpc) is 2.16. The quantitative estimate of drug-likeness (QED) is 0.750. The van der Waals surface area contributed by atoms with Crippen LogP contribution < -0.4 is 10.6 Å². The molecule has 0 amide bonds. The van der Waals surface area contributed by atoms with Gasteiger partial charge in [-0.1, -0.05) is 11.6 Å². The minimum absolute atomic E-state index is 0.278. The normalized spacial score (nSPS) is 12.5. The number of hydrogen-bond donors (Lipinski definition) is 2. The molecule has 16 heavy (non-hydrogen) atoms. The Labute approximate surface area is 99.8 Å². The highest BCUT2D eigenvalue weighted by Gasteiger charge is 2.10. The Morgan fingerprint density at radius 3 is 2.88 bits per heavy atom. The van der Waals surface area contributed by atoms with Crippen LogP contribution in [0.5, 0.6) is 0 Å². The van der Waals surface area contributed by atoms with Crippen LogP contribution in [-0.2, 0) is 4.74 Å². The maximum Gasteiger partial charge on any atom is 0.133 e. The van der Waals surface area contributed by atoms with Crippen molar-refractivity contribution in [3.8, 4) is 0 Å². The molecule has 90 valence electrons. The third-order valence-electron chi connectivity index (χ3n) is 2.04. The second-order valence-electron chi connectivity index (χ2n) is 3.57. The van der Waals surface area contributed by atoms with E-state index in [2.05, 4.69) is 4.98 Å². The molecule has 1 unspecified atom stereocenters. The summed E-state index contributed by atoms with van der Waals surface area (Å²) in [6.45, 7) is 0.682. The molecule has 0 aromatic carbocycles. The molecule has 1 heterocycles. The summed E-state index contributed by atoms with van der Waals surface area (Å²) >= 11 is 5.79. The van der Waals surface area contributed by atoms with E-state index >= 15 is 0 Å². The summed E-state index contributed by atoms with van der Waals surface area (Å²) in [5, 5.41) is 9.90. The van der Waals surface area contributed by atoms with Crippen molar-refractivity contribution in [2.45, 2.75) is 6.10 Å². The van der Waals surface area contributed by atoms with Crippen molar-refractivity contribution in [1.29, 1.82) is 0 Å². The molecular weight excluding hydrogens is 230 g/mol. The number of nitrogens with zero attached hydrogens (tertiary/aromatic N) is 2. The van der Waals surface area contributed by atoms with Gasteiger partial charge >= 0.3 is 0 Å². The number of anilines is 2. The molecule has 0 spiro atoms. The van der Waals surface area contributed by atoms with Gasteiger partial charge in [0.15, 0.2) is 0 Å². The standard InChI is InChI=1S/C10H16ClN3O2/c1-14(5-8(15)6-16-2)10-4-7(12)3-9(11)13-10/h3-4,8,15H,5-6H2,1-2H3,(H2,12,13). The summed E-state index contributed by atoms with van der Waals surface area (Å²) in [5.74, 6) is 0.625. The molecule has 1 rings (SSSR count). The first kappa shape index (κ1) is 13.0. The minimum Gasteiger partial charge on any atom is -0.399 e. The Morgan fingerprint density at radius 2 is 2.31 bits per heavy atom. The number of hydrogen-bond acceptors (Lipinski definition) is 5. The summed E-state index contributed by atoms with van der Waals surface area (Å²) in [7, 11) is 3.34. The molecule has 0 aliphatic rings.